The molecule has 1 N–H and O–H groups in total. The molecule has 1 aromatic carbocycles. The predicted molar refractivity (Wildman–Crippen MR) is 87.2 cm³/mol. The van der Waals surface area contributed by atoms with Crippen LogP contribution in [-0.2, 0) is 30.3 Å². The lowest BCUT2D eigenvalue weighted by Gasteiger charge is -2.18. The molecule has 0 aliphatic heterocycles. The van der Waals surface area contributed by atoms with Gasteiger partial charge in [0.1, 0.15) is 13.4 Å². The van der Waals surface area contributed by atoms with Crippen molar-refractivity contribution in [1.29, 1.82) is 0 Å². The summed E-state index contributed by atoms with van der Waals surface area (Å²) in [6, 6.07) is 9.00. The molecule has 1 aromatic rings. The largest absolute Gasteiger partial charge is 0.469 e. The van der Waals surface area contributed by atoms with Gasteiger partial charge in [-0.3, -0.25) is 4.79 Å². The van der Waals surface area contributed by atoms with Crippen LogP contribution in [0.5, 0.6) is 0 Å². The Hall–Kier alpha value is -2.12. The molecule has 7 heteroatoms. The highest BCUT2D eigenvalue weighted by Gasteiger charge is 2.16. The fraction of sp³-hybridized carbons (Fsp3) is 0.529. The van der Waals surface area contributed by atoms with Gasteiger partial charge in [0.25, 0.3) is 0 Å². The first-order valence-corrected chi connectivity index (χ1v) is 7.85. The third kappa shape index (κ3) is 9.12. The molecule has 0 bridgehead atoms. The summed E-state index contributed by atoms with van der Waals surface area (Å²) in [4.78, 5) is 23.2. The summed E-state index contributed by atoms with van der Waals surface area (Å²) in [5.41, 5.74) is 0.895. The van der Waals surface area contributed by atoms with Crippen molar-refractivity contribution in [1.82, 2.24) is 5.32 Å². The van der Waals surface area contributed by atoms with E-state index < -0.39 is 6.09 Å². The molecule has 0 aliphatic rings. The number of hydrogen-bond acceptors (Lipinski definition) is 6. The van der Waals surface area contributed by atoms with Crippen LogP contribution in [0, 0.1) is 0 Å². The van der Waals surface area contributed by atoms with E-state index in [1.807, 2.05) is 37.3 Å². The highest BCUT2D eigenvalue weighted by atomic mass is 16.7. The van der Waals surface area contributed by atoms with Gasteiger partial charge >= 0.3 is 12.1 Å². The van der Waals surface area contributed by atoms with Crippen LogP contribution < -0.4 is 5.32 Å². The third-order valence-corrected chi connectivity index (χ3v) is 3.15. The summed E-state index contributed by atoms with van der Waals surface area (Å²) in [6.45, 7) is 2.93. The number of rotatable bonds is 11. The molecule has 0 heterocycles. The zero-order chi connectivity index (χ0) is 17.6. The number of carbonyl (C=O) groups is 2. The zero-order valence-electron chi connectivity index (χ0n) is 14.2. The van der Waals surface area contributed by atoms with Gasteiger partial charge in [0.2, 0.25) is 0 Å². The first-order valence-electron chi connectivity index (χ1n) is 7.85. The maximum Gasteiger partial charge on any atom is 0.407 e. The molecule has 0 radical (unpaired) electrons. The van der Waals surface area contributed by atoms with Crippen molar-refractivity contribution >= 4 is 12.1 Å². The van der Waals surface area contributed by atoms with E-state index in [4.69, 9.17) is 14.2 Å². The summed E-state index contributed by atoms with van der Waals surface area (Å²) in [6.07, 6.45) is 0.00547. The van der Waals surface area contributed by atoms with Crippen molar-refractivity contribution in [3.8, 4) is 0 Å². The Balaban J connectivity index is 2.39. The molecular weight excluding hydrogens is 314 g/mol. The van der Waals surface area contributed by atoms with Crippen LogP contribution in [0.15, 0.2) is 30.3 Å². The third-order valence-electron chi connectivity index (χ3n) is 3.15. The van der Waals surface area contributed by atoms with Crippen LogP contribution in [0.4, 0.5) is 4.79 Å². The number of esters is 1. The molecule has 0 spiro atoms. The summed E-state index contributed by atoms with van der Waals surface area (Å²) in [5, 5.41) is 2.69. The van der Waals surface area contributed by atoms with Crippen LogP contribution in [-0.4, -0.2) is 45.2 Å². The highest BCUT2D eigenvalue weighted by molar-refractivity contribution is 5.70. The van der Waals surface area contributed by atoms with E-state index in [2.05, 4.69) is 10.1 Å². The van der Waals surface area contributed by atoms with Crippen LogP contribution in [0.2, 0.25) is 0 Å². The summed E-state index contributed by atoms with van der Waals surface area (Å²) in [7, 11) is 1.32. The van der Waals surface area contributed by atoms with Crippen LogP contribution in [0.3, 0.4) is 0 Å². The number of alkyl carbamates (subject to hydrolysis) is 1. The molecule has 1 atom stereocenters. The molecule has 0 saturated heterocycles. The Morgan fingerprint density at radius 1 is 1.17 bits per heavy atom. The Kier molecular flexibility index (Phi) is 10.2. The Morgan fingerprint density at radius 2 is 1.92 bits per heavy atom. The molecule has 0 aromatic heterocycles. The minimum absolute atomic E-state index is 0.131. The topological polar surface area (TPSA) is 83.1 Å². The highest BCUT2D eigenvalue weighted by Crippen LogP contribution is 2.04. The standard InChI is InChI=1S/C17H25NO6/c1-3-22-13-23-12-15(9-10-16(19)21-2)18-17(20)24-11-14-7-5-4-6-8-14/h4-8,15H,3,9-13H2,1-2H3,(H,18,20). The number of nitrogens with one attached hydrogen (secondary N) is 1. The van der Waals surface area contributed by atoms with Crippen molar-refractivity contribution in [3.63, 3.8) is 0 Å². The van der Waals surface area contributed by atoms with Crippen molar-refractivity contribution in [2.75, 3.05) is 27.1 Å². The minimum Gasteiger partial charge on any atom is -0.469 e. The normalized spacial score (nSPS) is 11.6. The van der Waals surface area contributed by atoms with E-state index in [0.717, 1.165) is 5.56 Å². The SMILES string of the molecule is CCOCOCC(CCC(=O)OC)NC(=O)OCc1ccccc1. The van der Waals surface area contributed by atoms with Gasteiger partial charge in [-0.25, -0.2) is 4.79 Å². The summed E-state index contributed by atoms with van der Waals surface area (Å²) in [5.74, 6) is -0.343. The molecule has 0 fully saturated rings. The van der Waals surface area contributed by atoms with Crippen molar-refractivity contribution < 1.29 is 28.5 Å². The van der Waals surface area contributed by atoms with E-state index in [0.29, 0.717) is 13.0 Å². The van der Waals surface area contributed by atoms with Gasteiger partial charge in [-0.1, -0.05) is 30.3 Å². The van der Waals surface area contributed by atoms with Gasteiger partial charge in [0.15, 0.2) is 0 Å². The summed E-state index contributed by atoms with van der Waals surface area (Å²) < 4.78 is 20.2. The molecule has 1 unspecified atom stereocenters. The molecule has 1 amide bonds. The number of amides is 1. The monoisotopic (exact) mass is 339 g/mol. The van der Waals surface area contributed by atoms with E-state index in [1.165, 1.54) is 7.11 Å². The molecule has 0 aliphatic carbocycles. The molecule has 1 rings (SSSR count). The van der Waals surface area contributed by atoms with Gasteiger partial charge in [0.05, 0.1) is 19.8 Å². The second-order valence-electron chi connectivity index (χ2n) is 5.00. The Labute approximate surface area is 142 Å². The first kappa shape index (κ1) is 19.9. The molecule has 134 valence electrons. The zero-order valence-corrected chi connectivity index (χ0v) is 14.2. The minimum atomic E-state index is -0.561. The van der Waals surface area contributed by atoms with Crippen molar-refractivity contribution in [3.05, 3.63) is 35.9 Å². The van der Waals surface area contributed by atoms with Crippen LogP contribution in [0.1, 0.15) is 25.3 Å². The average molecular weight is 339 g/mol. The average Bonchev–Trinajstić information content (AvgIpc) is 2.61. The van der Waals surface area contributed by atoms with Crippen LogP contribution in [0.25, 0.3) is 0 Å². The number of ether oxygens (including phenoxy) is 4. The number of methoxy groups -OCH3 is 1. The van der Waals surface area contributed by atoms with Gasteiger partial charge < -0.3 is 24.3 Å². The maximum absolute atomic E-state index is 11.9. The molecule has 0 saturated carbocycles. The number of hydrogen-bond donors (Lipinski definition) is 1. The van der Waals surface area contributed by atoms with Gasteiger partial charge in [0, 0.05) is 13.0 Å². The molecule has 24 heavy (non-hydrogen) atoms. The lowest BCUT2D eigenvalue weighted by atomic mass is 10.2. The number of benzene rings is 1. The molecular formula is C17H25NO6. The second-order valence-corrected chi connectivity index (χ2v) is 5.00. The number of carbonyl (C=O) groups excluding carboxylic acids is 2. The fourth-order valence-electron chi connectivity index (χ4n) is 1.86. The van der Waals surface area contributed by atoms with Crippen molar-refractivity contribution in [2.24, 2.45) is 0 Å². The van der Waals surface area contributed by atoms with Gasteiger partial charge in [-0.15, -0.1) is 0 Å². The fourth-order valence-corrected chi connectivity index (χ4v) is 1.86. The van der Waals surface area contributed by atoms with Gasteiger partial charge in [-0.05, 0) is 18.9 Å². The lowest BCUT2D eigenvalue weighted by Crippen LogP contribution is -2.39. The molecule has 7 nitrogen and oxygen atoms in total. The predicted octanol–water partition coefficient (Wildman–Crippen LogP) is 2.25. The van der Waals surface area contributed by atoms with E-state index in [1.54, 1.807) is 0 Å². The first-order chi connectivity index (χ1) is 11.7. The summed E-state index contributed by atoms with van der Waals surface area (Å²) >= 11 is 0. The Bertz CT molecular complexity index is 479. The second kappa shape index (κ2) is 12.3. The van der Waals surface area contributed by atoms with Crippen molar-refractivity contribution in [2.45, 2.75) is 32.4 Å². The smallest absolute Gasteiger partial charge is 0.407 e. The quantitative estimate of drug-likeness (QED) is 0.378. The van der Waals surface area contributed by atoms with Crippen LogP contribution >= 0.6 is 0 Å². The van der Waals surface area contributed by atoms with E-state index in [-0.39, 0.29) is 38.4 Å². The van der Waals surface area contributed by atoms with E-state index in [9.17, 15) is 9.59 Å². The Morgan fingerprint density at radius 3 is 2.58 bits per heavy atom. The lowest BCUT2D eigenvalue weighted by molar-refractivity contribution is -0.141. The van der Waals surface area contributed by atoms with E-state index >= 15 is 0 Å². The van der Waals surface area contributed by atoms with Gasteiger partial charge in [-0.2, -0.15) is 0 Å². The maximum atomic E-state index is 11.9.